The molecular formula is C35H57NO2. The Kier molecular flexibility index (Phi) is 17.9. The van der Waals surface area contributed by atoms with Gasteiger partial charge >= 0.3 is 5.97 Å². The minimum atomic E-state index is -0.0301. The Hall–Kier alpha value is -1.87. The van der Waals surface area contributed by atoms with Gasteiger partial charge in [-0.1, -0.05) is 139 Å². The lowest BCUT2D eigenvalue weighted by atomic mass is 9.90. The normalized spacial score (nSPS) is 12.3. The van der Waals surface area contributed by atoms with Crippen LogP contribution in [0, 0.1) is 0 Å². The first-order valence-electron chi connectivity index (χ1n) is 15.9. The van der Waals surface area contributed by atoms with Crippen LogP contribution >= 0.6 is 0 Å². The summed E-state index contributed by atoms with van der Waals surface area (Å²) < 4.78 is 5.83. The summed E-state index contributed by atoms with van der Waals surface area (Å²) in [6.07, 6.45) is 22.7. The SMILES string of the molecule is CCCCCCCCCCCCCCCCCC(=O)OCC(CCCN(C)C)c1cccc2ccccc12. The Labute approximate surface area is 234 Å². The maximum Gasteiger partial charge on any atom is 0.305 e. The average molecular weight is 524 g/mol. The minimum absolute atomic E-state index is 0.0301. The third-order valence-electron chi connectivity index (χ3n) is 7.85. The van der Waals surface area contributed by atoms with Crippen LogP contribution in [-0.2, 0) is 9.53 Å². The number of nitrogens with zero attached hydrogens (tertiary/aromatic N) is 1. The third kappa shape index (κ3) is 14.3. The van der Waals surface area contributed by atoms with Crippen LogP contribution in [0.25, 0.3) is 10.8 Å². The lowest BCUT2D eigenvalue weighted by Crippen LogP contribution is -2.17. The molecule has 3 nitrogen and oxygen atoms in total. The number of carbonyl (C=O) groups is 1. The molecular weight excluding hydrogens is 466 g/mol. The molecule has 0 aromatic heterocycles. The maximum absolute atomic E-state index is 12.5. The molecule has 1 atom stereocenters. The molecule has 1 unspecified atom stereocenters. The first-order chi connectivity index (χ1) is 18.6. The molecule has 0 amide bonds. The second-order valence-corrected chi connectivity index (χ2v) is 11.6. The maximum atomic E-state index is 12.5. The van der Waals surface area contributed by atoms with Gasteiger partial charge < -0.3 is 9.64 Å². The van der Waals surface area contributed by atoms with Gasteiger partial charge in [-0.25, -0.2) is 0 Å². The highest BCUT2D eigenvalue weighted by molar-refractivity contribution is 5.86. The molecule has 0 saturated heterocycles. The lowest BCUT2D eigenvalue weighted by Gasteiger charge is -2.20. The molecule has 0 saturated carbocycles. The first kappa shape index (κ1) is 32.3. The predicted molar refractivity (Wildman–Crippen MR) is 165 cm³/mol. The number of benzene rings is 2. The van der Waals surface area contributed by atoms with Gasteiger partial charge in [-0.05, 0) is 56.2 Å². The zero-order chi connectivity index (χ0) is 27.3. The molecule has 0 N–H and O–H groups in total. The smallest absolute Gasteiger partial charge is 0.305 e. The van der Waals surface area contributed by atoms with Gasteiger partial charge in [0.2, 0.25) is 0 Å². The van der Waals surface area contributed by atoms with Crippen molar-refractivity contribution in [2.45, 2.75) is 128 Å². The monoisotopic (exact) mass is 523 g/mol. The van der Waals surface area contributed by atoms with Crippen molar-refractivity contribution in [2.24, 2.45) is 0 Å². The minimum Gasteiger partial charge on any atom is -0.465 e. The molecule has 0 fully saturated rings. The standard InChI is InChI=1S/C35H57NO2/c1-4-5-6-7-8-9-10-11-12-13-14-15-16-17-18-28-35(37)38-30-32(25-22-29-36(2)3)34-27-21-24-31-23-19-20-26-33(31)34/h19-21,23-24,26-27,32H,4-18,22,25,28-30H2,1-3H3. The average Bonchev–Trinajstić information content (AvgIpc) is 2.92. The fourth-order valence-corrected chi connectivity index (χ4v) is 5.50. The summed E-state index contributed by atoms with van der Waals surface area (Å²) in [5.74, 6) is 0.212. The molecule has 0 bridgehead atoms. The van der Waals surface area contributed by atoms with E-state index in [9.17, 15) is 4.79 Å². The van der Waals surface area contributed by atoms with E-state index in [1.54, 1.807) is 0 Å². The van der Waals surface area contributed by atoms with Crippen LogP contribution in [0.5, 0.6) is 0 Å². The third-order valence-corrected chi connectivity index (χ3v) is 7.85. The van der Waals surface area contributed by atoms with Crippen molar-refractivity contribution in [3.05, 3.63) is 48.0 Å². The number of rotatable bonds is 23. The largest absolute Gasteiger partial charge is 0.465 e. The summed E-state index contributed by atoms with van der Waals surface area (Å²) in [7, 11) is 4.23. The van der Waals surface area contributed by atoms with E-state index in [4.69, 9.17) is 4.74 Å². The zero-order valence-electron chi connectivity index (χ0n) is 25.0. The van der Waals surface area contributed by atoms with Gasteiger partial charge in [0.1, 0.15) is 0 Å². The molecule has 0 aliphatic heterocycles. The Balaban J connectivity index is 1.58. The van der Waals surface area contributed by atoms with Crippen LogP contribution in [0.2, 0.25) is 0 Å². The second kappa shape index (κ2) is 21.0. The van der Waals surface area contributed by atoms with E-state index in [0.29, 0.717) is 13.0 Å². The zero-order valence-corrected chi connectivity index (χ0v) is 25.0. The molecule has 0 spiro atoms. The second-order valence-electron chi connectivity index (χ2n) is 11.6. The van der Waals surface area contributed by atoms with E-state index in [1.165, 1.54) is 99.8 Å². The van der Waals surface area contributed by atoms with Crippen molar-refractivity contribution < 1.29 is 9.53 Å². The molecule has 0 aliphatic rings. The summed E-state index contributed by atoms with van der Waals surface area (Å²) in [6, 6.07) is 15.1. The van der Waals surface area contributed by atoms with Crippen LogP contribution in [0.1, 0.15) is 134 Å². The van der Waals surface area contributed by atoms with Crippen molar-refractivity contribution in [1.82, 2.24) is 4.90 Å². The van der Waals surface area contributed by atoms with E-state index in [0.717, 1.165) is 32.2 Å². The molecule has 2 aromatic carbocycles. The summed E-state index contributed by atoms with van der Waals surface area (Å²) in [4.78, 5) is 14.8. The van der Waals surface area contributed by atoms with Gasteiger partial charge in [-0.15, -0.1) is 0 Å². The fourth-order valence-electron chi connectivity index (χ4n) is 5.50. The quantitative estimate of drug-likeness (QED) is 0.107. The first-order valence-corrected chi connectivity index (χ1v) is 15.9. The summed E-state index contributed by atoms with van der Waals surface area (Å²) in [6.45, 7) is 3.82. The molecule has 2 aromatic rings. The highest BCUT2D eigenvalue weighted by Gasteiger charge is 2.17. The van der Waals surface area contributed by atoms with Crippen molar-refractivity contribution in [1.29, 1.82) is 0 Å². The van der Waals surface area contributed by atoms with Crippen molar-refractivity contribution in [3.63, 3.8) is 0 Å². The Morgan fingerprint density at radius 3 is 1.87 bits per heavy atom. The van der Waals surface area contributed by atoms with E-state index < -0.39 is 0 Å². The van der Waals surface area contributed by atoms with Crippen LogP contribution in [0.4, 0.5) is 0 Å². The molecule has 38 heavy (non-hydrogen) atoms. The summed E-state index contributed by atoms with van der Waals surface area (Å²) in [5.41, 5.74) is 1.31. The van der Waals surface area contributed by atoms with Crippen LogP contribution < -0.4 is 0 Å². The predicted octanol–water partition coefficient (Wildman–Crippen LogP) is 10.1. The Bertz CT molecular complexity index is 857. The molecule has 0 heterocycles. The number of ether oxygens (including phenoxy) is 1. The van der Waals surface area contributed by atoms with Gasteiger partial charge in [0.05, 0.1) is 6.61 Å². The van der Waals surface area contributed by atoms with E-state index in [-0.39, 0.29) is 11.9 Å². The van der Waals surface area contributed by atoms with Crippen LogP contribution in [0.3, 0.4) is 0 Å². The van der Waals surface area contributed by atoms with Gasteiger partial charge in [0, 0.05) is 12.3 Å². The number of unbranched alkanes of at least 4 members (excludes halogenated alkanes) is 14. The number of esters is 1. The van der Waals surface area contributed by atoms with Crippen LogP contribution in [-0.4, -0.2) is 38.1 Å². The van der Waals surface area contributed by atoms with E-state index >= 15 is 0 Å². The topological polar surface area (TPSA) is 29.5 Å². The van der Waals surface area contributed by atoms with Crippen molar-refractivity contribution >= 4 is 16.7 Å². The van der Waals surface area contributed by atoms with E-state index in [2.05, 4.69) is 68.4 Å². The number of carbonyl (C=O) groups excluding carboxylic acids is 1. The molecule has 0 radical (unpaired) electrons. The van der Waals surface area contributed by atoms with Gasteiger partial charge in [-0.3, -0.25) is 4.79 Å². The van der Waals surface area contributed by atoms with Crippen LogP contribution in [0.15, 0.2) is 42.5 Å². The van der Waals surface area contributed by atoms with E-state index in [1.807, 2.05) is 0 Å². The molecule has 214 valence electrons. The number of hydrogen-bond donors (Lipinski definition) is 0. The molecule has 3 heteroatoms. The lowest BCUT2D eigenvalue weighted by molar-refractivity contribution is -0.144. The van der Waals surface area contributed by atoms with Gasteiger partial charge in [0.15, 0.2) is 0 Å². The highest BCUT2D eigenvalue weighted by Crippen LogP contribution is 2.29. The van der Waals surface area contributed by atoms with Gasteiger partial charge in [-0.2, -0.15) is 0 Å². The molecule has 2 rings (SSSR count). The summed E-state index contributed by atoms with van der Waals surface area (Å²) in [5, 5.41) is 2.54. The Morgan fingerprint density at radius 2 is 1.26 bits per heavy atom. The Morgan fingerprint density at radius 1 is 0.711 bits per heavy atom. The molecule has 0 aliphatic carbocycles. The fraction of sp³-hybridized carbons (Fsp3) is 0.686. The van der Waals surface area contributed by atoms with Crippen molar-refractivity contribution in [3.8, 4) is 0 Å². The highest BCUT2D eigenvalue weighted by atomic mass is 16.5. The number of hydrogen-bond acceptors (Lipinski definition) is 3. The van der Waals surface area contributed by atoms with Crippen molar-refractivity contribution in [2.75, 3.05) is 27.2 Å². The number of fused-ring (bicyclic) bond motifs is 1. The summed E-state index contributed by atoms with van der Waals surface area (Å²) >= 11 is 0. The van der Waals surface area contributed by atoms with Gasteiger partial charge in [0.25, 0.3) is 0 Å².